The number of hydrogen-bond acceptors (Lipinski definition) is 3. The lowest BCUT2D eigenvalue weighted by molar-refractivity contribution is 0.337. The number of aromatic hydroxyl groups is 1. The van der Waals surface area contributed by atoms with Crippen LogP contribution >= 0.6 is 0 Å². The van der Waals surface area contributed by atoms with Gasteiger partial charge in [0.2, 0.25) is 5.75 Å². The average molecular weight is 290 g/mol. The number of benzene rings is 1. The number of methoxy groups -OCH3 is 2. The van der Waals surface area contributed by atoms with Crippen LogP contribution in [0.1, 0.15) is 38.8 Å². The highest BCUT2D eigenvalue weighted by molar-refractivity contribution is 5.59. The summed E-state index contributed by atoms with van der Waals surface area (Å²) in [4.78, 5) is 0. The minimum absolute atomic E-state index is 0.0677. The lowest BCUT2D eigenvalue weighted by Crippen LogP contribution is -2.00. The summed E-state index contributed by atoms with van der Waals surface area (Å²) < 4.78 is 10.7. The first-order valence-electron chi connectivity index (χ1n) is 7.13. The number of rotatable bonds is 6. The van der Waals surface area contributed by atoms with Gasteiger partial charge < -0.3 is 14.6 Å². The molecule has 1 aromatic carbocycles. The van der Waals surface area contributed by atoms with Gasteiger partial charge in [0.25, 0.3) is 0 Å². The Morgan fingerprint density at radius 2 is 1.57 bits per heavy atom. The highest BCUT2D eigenvalue weighted by Crippen LogP contribution is 2.41. The van der Waals surface area contributed by atoms with Crippen LogP contribution < -0.4 is 9.47 Å². The number of phenols is 1. The fourth-order valence-electron chi connectivity index (χ4n) is 2.12. The van der Waals surface area contributed by atoms with Gasteiger partial charge in [0.05, 0.1) is 14.2 Å². The predicted octanol–water partition coefficient (Wildman–Crippen LogP) is 4.43. The molecule has 0 aliphatic carbocycles. The zero-order valence-electron chi connectivity index (χ0n) is 13.9. The van der Waals surface area contributed by atoms with Crippen LogP contribution in [0, 0.1) is 0 Å². The molecule has 0 saturated heterocycles. The van der Waals surface area contributed by atoms with Crippen LogP contribution in [0.4, 0.5) is 0 Å². The Morgan fingerprint density at radius 3 is 2.05 bits per heavy atom. The minimum atomic E-state index is 0.0677. The molecule has 0 amide bonds. The summed E-state index contributed by atoms with van der Waals surface area (Å²) in [7, 11) is 3.13. The van der Waals surface area contributed by atoms with Crippen molar-refractivity contribution in [2.45, 2.75) is 40.5 Å². The van der Waals surface area contributed by atoms with Crippen LogP contribution in [0.2, 0.25) is 0 Å². The van der Waals surface area contributed by atoms with Gasteiger partial charge in [-0.3, -0.25) is 0 Å². The van der Waals surface area contributed by atoms with Crippen molar-refractivity contribution in [1.82, 2.24) is 0 Å². The van der Waals surface area contributed by atoms with Crippen LogP contribution in [0.5, 0.6) is 17.2 Å². The van der Waals surface area contributed by atoms with E-state index in [-0.39, 0.29) is 5.75 Å². The number of allylic oxidation sites excluding steroid dienone is 4. The van der Waals surface area contributed by atoms with Crippen molar-refractivity contribution in [3.05, 3.63) is 40.5 Å². The molecule has 1 aromatic rings. The Kier molecular flexibility index (Phi) is 6.35. The van der Waals surface area contributed by atoms with Gasteiger partial charge in [0.15, 0.2) is 11.5 Å². The monoisotopic (exact) mass is 290 g/mol. The SMILES string of the molecule is COc1cc(CC=C(C)C)c(CC=C(C)C)c(OC)c1O. The third-order valence-corrected chi connectivity index (χ3v) is 3.28. The summed E-state index contributed by atoms with van der Waals surface area (Å²) in [6.45, 7) is 8.27. The third-order valence-electron chi connectivity index (χ3n) is 3.28. The Morgan fingerprint density at radius 1 is 1.00 bits per heavy atom. The highest BCUT2D eigenvalue weighted by atomic mass is 16.5. The molecule has 21 heavy (non-hydrogen) atoms. The molecule has 1 N–H and O–H groups in total. The van der Waals surface area contributed by atoms with Crippen molar-refractivity contribution in [2.24, 2.45) is 0 Å². The fourth-order valence-corrected chi connectivity index (χ4v) is 2.12. The van der Waals surface area contributed by atoms with Gasteiger partial charge >= 0.3 is 0 Å². The zero-order valence-corrected chi connectivity index (χ0v) is 13.9. The van der Waals surface area contributed by atoms with Gasteiger partial charge in [-0.15, -0.1) is 0 Å². The summed E-state index contributed by atoms with van der Waals surface area (Å²) in [5.41, 5.74) is 4.62. The van der Waals surface area contributed by atoms with Crippen LogP contribution in [-0.2, 0) is 12.8 Å². The summed E-state index contributed by atoms with van der Waals surface area (Å²) in [5, 5.41) is 10.3. The topological polar surface area (TPSA) is 38.7 Å². The first-order chi connectivity index (χ1) is 9.90. The van der Waals surface area contributed by atoms with Crippen molar-refractivity contribution < 1.29 is 14.6 Å². The van der Waals surface area contributed by atoms with E-state index in [4.69, 9.17) is 9.47 Å². The van der Waals surface area contributed by atoms with Crippen molar-refractivity contribution in [3.63, 3.8) is 0 Å². The van der Waals surface area contributed by atoms with E-state index in [1.807, 2.05) is 6.07 Å². The molecule has 0 atom stereocenters. The smallest absolute Gasteiger partial charge is 0.201 e. The van der Waals surface area contributed by atoms with Gasteiger partial charge in [-0.25, -0.2) is 0 Å². The molecule has 0 spiro atoms. The maximum atomic E-state index is 10.3. The second-order valence-electron chi connectivity index (χ2n) is 5.57. The lowest BCUT2D eigenvalue weighted by atomic mass is 9.97. The van der Waals surface area contributed by atoms with Crippen molar-refractivity contribution in [1.29, 1.82) is 0 Å². The Balaban J connectivity index is 3.41. The van der Waals surface area contributed by atoms with Crippen molar-refractivity contribution in [2.75, 3.05) is 14.2 Å². The van der Waals surface area contributed by atoms with Gasteiger partial charge in [-0.05, 0) is 52.2 Å². The van der Waals surface area contributed by atoms with E-state index < -0.39 is 0 Å². The van der Waals surface area contributed by atoms with E-state index in [1.54, 1.807) is 14.2 Å². The van der Waals surface area contributed by atoms with Crippen LogP contribution in [-0.4, -0.2) is 19.3 Å². The second kappa shape index (κ2) is 7.77. The van der Waals surface area contributed by atoms with Crippen molar-refractivity contribution in [3.8, 4) is 17.2 Å². The summed E-state index contributed by atoms with van der Waals surface area (Å²) >= 11 is 0. The molecular formula is C18H26O3. The largest absolute Gasteiger partial charge is 0.502 e. The molecule has 0 unspecified atom stereocenters. The van der Waals surface area contributed by atoms with Crippen LogP contribution in [0.25, 0.3) is 0 Å². The van der Waals surface area contributed by atoms with Gasteiger partial charge in [-0.1, -0.05) is 23.3 Å². The van der Waals surface area contributed by atoms with Gasteiger partial charge in [0, 0.05) is 5.56 Å². The van der Waals surface area contributed by atoms with E-state index in [1.165, 1.54) is 11.1 Å². The average Bonchev–Trinajstić information content (AvgIpc) is 2.43. The predicted molar refractivity (Wildman–Crippen MR) is 87.5 cm³/mol. The molecule has 0 aliphatic rings. The molecule has 0 fully saturated rings. The first-order valence-corrected chi connectivity index (χ1v) is 7.13. The van der Waals surface area contributed by atoms with Crippen molar-refractivity contribution >= 4 is 0 Å². The molecule has 0 aliphatic heterocycles. The van der Waals surface area contributed by atoms with E-state index in [2.05, 4.69) is 39.8 Å². The standard InChI is InChI=1S/C18H26O3/c1-12(2)7-9-14-11-16(20-5)17(19)18(21-6)15(14)10-8-13(3)4/h7-8,11,19H,9-10H2,1-6H3. The number of ether oxygens (including phenoxy) is 2. The van der Waals surface area contributed by atoms with Crippen LogP contribution in [0.3, 0.4) is 0 Å². The Hall–Kier alpha value is -1.90. The van der Waals surface area contributed by atoms with E-state index >= 15 is 0 Å². The minimum Gasteiger partial charge on any atom is -0.502 e. The molecule has 3 nitrogen and oxygen atoms in total. The molecule has 0 aromatic heterocycles. The van der Waals surface area contributed by atoms with Crippen LogP contribution in [0.15, 0.2) is 29.4 Å². The summed E-state index contributed by atoms with van der Waals surface area (Å²) in [6.07, 6.45) is 5.82. The lowest BCUT2D eigenvalue weighted by Gasteiger charge is -2.16. The third kappa shape index (κ3) is 4.55. The maximum Gasteiger partial charge on any atom is 0.201 e. The van der Waals surface area contributed by atoms with E-state index in [0.717, 1.165) is 24.0 Å². The molecule has 116 valence electrons. The first kappa shape index (κ1) is 17.2. The molecule has 0 bridgehead atoms. The molecule has 0 radical (unpaired) electrons. The highest BCUT2D eigenvalue weighted by Gasteiger charge is 2.17. The quantitative estimate of drug-likeness (QED) is 0.788. The molecule has 0 saturated carbocycles. The second-order valence-corrected chi connectivity index (χ2v) is 5.57. The molecule has 0 heterocycles. The van der Waals surface area contributed by atoms with E-state index in [9.17, 15) is 5.11 Å². The van der Waals surface area contributed by atoms with Gasteiger partial charge in [0.1, 0.15) is 0 Å². The molecule has 3 heteroatoms. The Bertz CT molecular complexity index is 546. The Labute approximate surface area is 127 Å². The van der Waals surface area contributed by atoms with E-state index in [0.29, 0.717) is 11.5 Å². The molecule has 1 rings (SSSR count). The number of hydrogen-bond donors (Lipinski definition) is 1. The number of phenolic OH excluding ortho intramolecular Hbond substituents is 1. The summed E-state index contributed by atoms with van der Waals surface area (Å²) in [6, 6.07) is 1.89. The summed E-state index contributed by atoms with van der Waals surface area (Å²) in [5.74, 6) is 1.02. The molecular weight excluding hydrogens is 264 g/mol. The zero-order chi connectivity index (χ0) is 16.0. The maximum absolute atomic E-state index is 10.3. The fraction of sp³-hybridized carbons (Fsp3) is 0.444. The van der Waals surface area contributed by atoms with Gasteiger partial charge in [-0.2, -0.15) is 0 Å². The normalized spacial score (nSPS) is 10.0.